The first-order valence-electron chi connectivity index (χ1n) is 6.05. The molecule has 0 spiro atoms. The summed E-state index contributed by atoms with van der Waals surface area (Å²) in [5.74, 6) is -3.83. The van der Waals surface area contributed by atoms with Crippen LogP contribution >= 0.6 is 15.9 Å². The lowest BCUT2D eigenvalue weighted by Crippen LogP contribution is -2.47. The van der Waals surface area contributed by atoms with Gasteiger partial charge in [0, 0.05) is 17.3 Å². The van der Waals surface area contributed by atoms with Gasteiger partial charge in [0.05, 0.1) is 4.60 Å². The number of carboxylic acids is 1. The molecule has 2 aromatic rings. The molecule has 0 fully saturated rings. The molecular weight excluding hydrogens is 369 g/mol. The fourth-order valence-electron chi connectivity index (χ4n) is 2.01. The first-order valence-corrected chi connectivity index (χ1v) is 6.85. The second-order valence-corrected chi connectivity index (χ2v) is 5.32. The van der Waals surface area contributed by atoms with E-state index in [0.717, 1.165) is 0 Å². The highest BCUT2D eigenvalue weighted by Gasteiger charge is 2.41. The molecule has 3 N–H and O–H groups in total. The first kappa shape index (κ1) is 16.3. The van der Waals surface area contributed by atoms with Crippen LogP contribution < -0.4 is 5.32 Å². The fraction of sp³-hybridized carbons (Fsp3) is 0.231. The Morgan fingerprint density at radius 3 is 2.55 bits per heavy atom. The van der Waals surface area contributed by atoms with Gasteiger partial charge in [0.25, 0.3) is 0 Å². The number of halogens is 4. The minimum atomic E-state index is -5.13. The summed E-state index contributed by atoms with van der Waals surface area (Å²) in [6, 6.07) is 5.24. The molecule has 5 nitrogen and oxygen atoms in total. The summed E-state index contributed by atoms with van der Waals surface area (Å²) >= 11 is 3.21. The standard InChI is InChI=1S/C13H10BrF3N2O3/c14-10-7(6-3-1-2-4-8(6)18-10)5-9(11(20)21)19-12(22)13(15,16)17/h1-4,9,18H,5H2,(H,19,22)(H,20,21). The van der Waals surface area contributed by atoms with E-state index in [4.69, 9.17) is 5.11 Å². The Hall–Kier alpha value is -2.03. The number of aliphatic carboxylic acids is 1. The smallest absolute Gasteiger partial charge is 0.471 e. The summed E-state index contributed by atoms with van der Waals surface area (Å²) in [6.45, 7) is 0. The van der Waals surface area contributed by atoms with Gasteiger partial charge >= 0.3 is 18.1 Å². The molecular formula is C13H10BrF3N2O3. The van der Waals surface area contributed by atoms with Crippen molar-refractivity contribution in [1.82, 2.24) is 10.3 Å². The number of nitrogens with one attached hydrogen (secondary N) is 2. The highest BCUT2D eigenvalue weighted by atomic mass is 79.9. The zero-order valence-electron chi connectivity index (χ0n) is 10.9. The van der Waals surface area contributed by atoms with Crippen molar-refractivity contribution in [2.45, 2.75) is 18.6 Å². The monoisotopic (exact) mass is 378 g/mol. The summed E-state index contributed by atoms with van der Waals surface area (Å²) < 4.78 is 37.3. The minimum Gasteiger partial charge on any atom is -0.480 e. The molecule has 0 saturated heterocycles. The van der Waals surface area contributed by atoms with E-state index in [-0.39, 0.29) is 6.42 Å². The number of fused-ring (bicyclic) bond motifs is 1. The zero-order valence-corrected chi connectivity index (χ0v) is 12.5. The Morgan fingerprint density at radius 2 is 1.95 bits per heavy atom. The van der Waals surface area contributed by atoms with Gasteiger partial charge in [0.15, 0.2) is 0 Å². The van der Waals surface area contributed by atoms with E-state index in [1.54, 1.807) is 24.3 Å². The maximum absolute atomic E-state index is 12.3. The van der Waals surface area contributed by atoms with Gasteiger partial charge < -0.3 is 15.4 Å². The molecule has 0 radical (unpaired) electrons. The molecule has 0 aliphatic heterocycles. The van der Waals surface area contributed by atoms with E-state index < -0.39 is 24.1 Å². The molecule has 0 aliphatic carbocycles. The van der Waals surface area contributed by atoms with Crippen LogP contribution in [0.4, 0.5) is 13.2 Å². The van der Waals surface area contributed by atoms with Gasteiger partial charge in [-0.05, 0) is 27.6 Å². The number of aromatic nitrogens is 1. The maximum atomic E-state index is 12.3. The third kappa shape index (κ3) is 3.41. The number of aromatic amines is 1. The molecule has 118 valence electrons. The van der Waals surface area contributed by atoms with Gasteiger partial charge in [-0.25, -0.2) is 4.79 Å². The van der Waals surface area contributed by atoms with Crippen LogP contribution in [0.5, 0.6) is 0 Å². The lowest BCUT2D eigenvalue weighted by molar-refractivity contribution is -0.175. The van der Waals surface area contributed by atoms with Crippen LogP contribution in [-0.4, -0.2) is 34.2 Å². The van der Waals surface area contributed by atoms with Crippen LogP contribution in [0.3, 0.4) is 0 Å². The second-order valence-electron chi connectivity index (χ2n) is 4.53. The molecule has 0 bridgehead atoms. The van der Waals surface area contributed by atoms with Gasteiger partial charge in [-0.2, -0.15) is 13.2 Å². The quantitative estimate of drug-likeness (QED) is 0.764. The lowest BCUT2D eigenvalue weighted by atomic mass is 10.0. The highest BCUT2D eigenvalue weighted by Crippen LogP contribution is 2.27. The molecule has 1 unspecified atom stereocenters. The van der Waals surface area contributed by atoms with Crippen LogP contribution in [0, 0.1) is 0 Å². The van der Waals surface area contributed by atoms with Gasteiger partial charge in [0.1, 0.15) is 6.04 Å². The molecule has 1 heterocycles. The molecule has 2 rings (SSSR count). The fourth-order valence-corrected chi connectivity index (χ4v) is 2.60. The van der Waals surface area contributed by atoms with E-state index in [1.165, 1.54) is 5.32 Å². The van der Waals surface area contributed by atoms with Crippen molar-refractivity contribution < 1.29 is 27.9 Å². The summed E-state index contributed by atoms with van der Waals surface area (Å²) in [5, 5.41) is 11.2. The molecule has 1 aromatic heterocycles. The Balaban J connectivity index is 2.29. The summed E-state index contributed by atoms with van der Waals surface area (Å²) in [6.07, 6.45) is -5.42. The number of hydrogen-bond acceptors (Lipinski definition) is 2. The van der Waals surface area contributed by atoms with Gasteiger partial charge in [-0.3, -0.25) is 4.79 Å². The number of carbonyl (C=O) groups excluding carboxylic acids is 1. The van der Waals surface area contributed by atoms with Crippen LogP contribution in [0.25, 0.3) is 10.9 Å². The topological polar surface area (TPSA) is 82.2 Å². The van der Waals surface area contributed by atoms with Gasteiger partial charge in [0.2, 0.25) is 0 Å². The number of carboxylic acid groups (broad SMARTS) is 1. The van der Waals surface area contributed by atoms with Crippen LogP contribution in [0.2, 0.25) is 0 Å². The van der Waals surface area contributed by atoms with Crippen molar-refractivity contribution in [3.05, 3.63) is 34.4 Å². The molecule has 1 amide bonds. The van der Waals surface area contributed by atoms with Gasteiger partial charge in [-0.1, -0.05) is 18.2 Å². The van der Waals surface area contributed by atoms with Crippen molar-refractivity contribution in [3.8, 4) is 0 Å². The van der Waals surface area contributed by atoms with Crippen LogP contribution in [0.15, 0.2) is 28.9 Å². The zero-order chi connectivity index (χ0) is 16.5. The highest BCUT2D eigenvalue weighted by molar-refractivity contribution is 9.10. The predicted molar refractivity (Wildman–Crippen MR) is 75.3 cm³/mol. The molecule has 0 saturated carbocycles. The number of carbonyl (C=O) groups is 2. The van der Waals surface area contributed by atoms with Crippen molar-refractivity contribution in [1.29, 1.82) is 0 Å². The second kappa shape index (κ2) is 5.99. The normalized spacial score (nSPS) is 13.1. The van der Waals surface area contributed by atoms with Crippen molar-refractivity contribution in [2.24, 2.45) is 0 Å². The number of H-pyrrole nitrogens is 1. The number of benzene rings is 1. The average molecular weight is 379 g/mol. The molecule has 9 heteroatoms. The third-order valence-corrected chi connectivity index (χ3v) is 3.71. The first-order chi connectivity index (χ1) is 10.2. The van der Waals surface area contributed by atoms with E-state index in [1.807, 2.05) is 0 Å². The third-order valence-electron chi connectivity index (χ3n) is 3.03. The van der Waals surface area contributed by atoms with Crippen molar-refractivity contribution in [3.63, 3.8) is 0 Å². The van der Waals surface area contributed by atoms with E-state index >= 15 is 0 Å². The SMILES string of the molecule is O=C(O)C(Cc1c(Br)[nH]c2ccccc12)NC(=O)C(F)(F)F. The Morgan fingerprint density at radius 1 is 1.32 bits per heavy atom. The molecule has 22 heavy (non-hydrogen) atoms. The number of hydrogen-bond donors (Lipinski definition) is 3. The minimum absolute atomic E-state index is 0.290. The Labute approximate surface area is 130 Å². The predicted octanol–water partition coefficient (Wildman–Crippen LogP) is 2.60. The van der Waals surface area contributed by atoms with E-state index in [9.17, 15) is 22.8 Å². The average Bonchev–Trinajstić information content (AvgIpc) is 2.73. The van der Waals surface area contributed by atoms with E-state index in [2.05, 4.69) is 20.9 Å². The van der Waals surface area contributed by atoms with E-state index in [0.29, 0.717) is 21.1 Å². The number of rotatable bonds is 4. The van der Waals surface area contributed by atoms with Crippen LogP contribution in [0.1, 0.15) is 5.56 Å². The lowest BCUT2D eigenvalue weighted by Gasteiger charge is -2.15. The van der Waals surface area contributed by atoms with Gasteiger partial charge in [-0.15, -0.1) is 0 Å². The number of amides is 1. The van der Waals surface area contributed by atoms with Crippen molar-refractivity contribution in [2.75, 3.05) is 0 Å². The van der Waals surface area contributed by atoms with Crippen molar-refractivity contribution >= 4 is 38.7 Å². The molecule has 1 atom stereocenters. The molecule has 0 aliphatic rings. The maximum Gasteiger partial charge on any atom is 0.471 e. The Kier molecular flexibility index (Phi) is 4.45. The Bertz CT molecular complexity index is 727. The summed E-state index contributed by atoms with van der Waals surface area (Å²) in [4.78, 5) is 25.0. The van der Waals surface area contributed by atoms with Crippen LogP contribution in [-0.2, 0) is 16.0 Å². The number of para-hydroxylation sites is 1. The largest absolute Gasteiger partial charge is 0.480 e. The summed E-state index contributed by atoms with van der Waals surface area (Å²) in [7, 11) is 0. The number of alkyl halides is 3. The summed E-state index contributed by atoms with van der Waals surface area (Å²) in [5.41, 5.74) is 1.18. The molecule has 1 aromatic carbocycles.